The molecule has 0 heterocycles. The van der Waals surface area contributed by atoms with Gasteiger partial charge in [-0.3, -0.25) is 4.79 Å². The summed E-state index contributed by atoms with van der Waals surface area (Å²) >= 11 is 0. The van der Waals surface area contributed by atoms with E-state index in [1.807, 2.05) is 54.6 Å². The van der Waals surface area contributed by atoms with Gasteiger partial charge in [-0.1, -0.05) is 42.5 Å². The number of carbonyl (C=O) groups is 1. The highest BCUT2D eigenvalue weighted by Gasteiger charge is 2.00. The van der Waals surface area contributed by atoms with Crippen molar-refractivity contribution in [3.63, 3.8) is 0 Å². The molecule has 2 N–H and O–H groups in total. The molecular weight excluding hydrogens is 316 g/mol. The second-order valence-electron chi connectivity index (χ2n) is 5.38. The van der Waals surface area contributed by atoms with Crippen LogP contribution >= 0.6 is 0 Å². The Morgan fingerprint density at radius 1 is 1.12 bits per heavy atom. The van der Waals surface area contributed by atoms with Gasteiger partial charge < -0.3 is 20.1 Å². The second kappa shape index (κ2) is 10.2. The molecule has 0 atom stereocenters. The highest BCUT2D eigenvalue weighted by Crippen LogP contribution is 2.18. The van der Waals surface area contributed by atoms with Gasteiger partial charge in [0.2, 0.25) is 0 Å². The number of nitrogens with one attached hydrogen (secondary N) is 2. The molecule has 2 aromatic rings. The summed E-state index contributed by atoms with van der Waals surface area (Å²) in [6.45, 7) is 1.54. The molecule has 5 nitrogen and oxygen atoms in total. The summed E-state index contributed by atoms with van der Waals surface area (Å²) in [7, 11) is 3.26. The minimum atomic E-state index is -0.146. The topological polar surface area (TPSA) is 59.6 Å². The van der Waals surface area contributed by atoms with E-state index < -0.39 is 0 Å². The van der Waals surface area contributed by atoms with Crippen LogP contribution in [-0.4, -0.2) is 33.2 Å². The molecule has 0 saturated carbocycles. The number of methoxy groups -OCH3 is 1. The van der Waals surface area contributed by atoms with E-state index in [1.165, 1.54) is 0 Å². The summed E-state index contributed by atoms with van der Waals surface area (Å²) in [5.74, 6) is 1.40. The number of likely N-dealkylation sites (N-methyl/N-ethyl adjacent to an activating group) is 1. The van der Waals surface area contributed by atoms with Gasteiger partial charge in [0.05, 0.1) is 7.11 Å². The molecule has 132 valence electrons. The van der Waals surface area contributed by atoms with E-state index in [-0.39, 0.29) is 12.5 Å². The molecule has 2 aromatic carbocycles. The first-order chi connectivity index (χ1) is 12.2. The molecule has 0 spiro atoms. The molecular formula is C20H24N2O3. The lowest BCUT2D eigenvalue weighted by Crippen LogP contribution is -2.24. The van der Waals surface area contributed by atoms with Crippen molar-refractivity contribution in [1.29, 1.82) is 0 Å². The molecule has 0 bridgehead atoms. The van der Waals surface area contributed by atoms with Gasteiger partial charge in [0.1, 0.15) is 11.5 Å². The van der Waals surface area contributed by atoms with Gasteiger partial charge in [0.25, 0.3) is 5.91 Å². The second-order valence-corrected chi connectivity index (χ2v) is 5.38. The molecule has 0 fully saturated rings. The maximum absolute atomic E-state index is 11.1. The first kappa shape index (κ1) is 18.5. The van der Waals surface area contributed by atoms with E-state index in [2.05, 4.69) is 16.7 Å². The van der Waals surface area contributed by atoms with Crippen LogP contribution in [0.2, 0.25) is 0 Å². The number of ether oxygens (including phenoxy) is 2. The number of para-hydroxylation sites is 1. The van der Waals surface area contributed by atoms with Crippen LogP contribution in [0.3, 0.4) is 0 Å². The van der Waals surface area contributed by atoms with Gasteiger partial charge in [-0.05, 0) is 23.8 Å². The summed E-state index contributed by atoms with van der Waals surface area (Å²) in [5.41, 5.74) is 2.21. The molecule has 0 saturated heterocycles. The van der Waals surface area contributed by atoms with Crippen molar-refractivity contribution in [2.24, 2.45) is 0 Å². The van der Waals surface area contributed by atoms with Gasteiger partial charge in [-0.15, -0.1) is 0 Å². The largest absolute Gasteiger partial charge is 0.496 e. The van der Waals surface area contributed by atoms with Crippen LogP contribution in [0.15, 0.2) is 54.6 Å². The molecule has 0 aliphatic carbocycles. The average Bonchev–Trinajstić information content (AvgIpc) is 2.67. The highest BCUT2D eigenvalue weighted by atomic mass is 16.5. The SMILES string of the molecule is CNC(=O)COc1ccc(CNC/C=C/c2ccccc2OC)cc1. The van der Waals surface area contributed by atoms with E-state index in [0.717, 1.165) is 30.0 Å². The Morgan fingerprint density at radius 3 is 2.60 bits per heavy atom. The number of hydrogen-bond donors (Lipinski definition) is 2. The molecule has 2 rings (SSSR count). The van der Waals surface area contributed by atoms with Crippen molar-refractivity contribution >= 4 is 12.0 Å². The van der Waals surface area contributed by atoms with Gasteiger partial charge in [-0.25, -0.2) is 0 Å². The summed E-state index contributed by atoms with van der Waals surface area (Å²) < 4.78 is 10.7. The lowest BCUT2D eigenvalue weighted by Gasteiger charge is -2.07. The van der Waals surface area contributed by atoms with Gasteiger partial charge in [-0.2, -0.15) is 0 Å². The molecule has 5 heteroatoms. The highest BCUT2D eigenvalue weighted by molar-refractivity contribution is 5.77. The van der Waals surface area contributed by atoms with Crippen molar-refractivity contribution in [3.8, 4) is 11.5 Å². The minimum Gasteiger partial charge on any atom is -0.496 e. The molecule has 25 heavy (non-hydrogen) atoms. The summed E-state index contributed by atoms with van der Waals surface area (Å²) in [4.78, 5) is 11.1. The average molecular weight is 340 g/mol. The third-order valence-electron chi connectivity index (χ3n) is 3.60. The Morgan fingerprint density at radius 2 is 1.88 bits per heavy atom. The third-order valence-corrected chi connectivity index (χ3v) is 3.60. The Hall–Kier alpha value is -2.79. The van der Waals surface area contributed by atoms with E-state index in [1.54, 1.807) is 14.2 Å². The lowest BCUT2D eigenvalue weighted by molar-refractivity contribution is -0.122. The lowest BCUT2D eigenvalue weighted by atomic mass is 10.2. The van der Waals surface area contributed by atoms with Crippen LogP contribution in [0.25, 0.3) is 6.08 Å². The molecule has 0 aliphatic rings. The number of benzene rings is 2. The van der Waals surface area contributed by atoms with Crippen molar-refractivity contribution in [2.45, 2.75) is 6.54 Å². The van der Waals surface area contributed by atoms with E-state index in [4.69, 9.17) is 9.47 Å². The summed E-state index contributed by atoms with van der Waals surface area (Å²) in [5, 5.41) is 5.87. The molecule has 1 amide bonds. The van der Waals surface area contributed by atoms with E-state index in [9.17, 15) is 4.79 Å². The van der Waals surface area contributed by atoms with E-state index in [0.29, 0.717) is 5.75 Å². The number of carbonyl (C=O) groups excluding carboxylic acids is 1. The van der Waals surface area contributed by atoms with Crippen LogP contribution in [-0.2, 0) is 11.3 Å². The number of hydrogen-bond acceptors (Lipinski definition) is 4. The normalized spacial score (nSPS) is 10.6. The number of amides is 1. The van der Waals surface area contributed by atoms with Crippen LogP contribution in [0.1, 0.15) is 11.1 Å². The Bertz CT molecular complexity index is 696. The minimum absolute atomic E-state index is 0.0296. The van der Waals surface area contributed by atoms with Gasteiger partial charge >= 0.3 is 0 Å². The maximum Gasteiger partial charge on any atom is 0.257 e. The quantitative estimate of drug-likeness (QED) is 0.689. The first-order valence-electron chi connectivity index (χ1n) is 8.15. The van der Waals surface area contributed by atoms with Crippen molar-refractivity contribution in [3.05, 3.63) is 65.7 Å². The van der Waals surface area contributed by atoms with Crippen LogP contribution < -0.4 is 20.1 Å². The van der Waals surface area contributed by atoms with E-state index >= 15 is 0 Å². The van der Waals surface area contributed by atoms with Crippen molar-refractivity contribution in [2.75, 3.05) is 27.3 Å². The zero-order valence-electron chi connectivity index (χ0n) is 14.6. The summed E-state index contributed by atoms with van der Waals surface area (Å²) in [6, 6.07) is 15.6. The zero-order chi connectivity index (χ0) is 17.9. The molecule has 0 aliphatic heterocycles. The number of rotatable bonds is 9. The standard InChI is InChI=1S/C20H24N2O3/c1-21-20(23)15-25-18-11-9-16(10-12-18)14-22-13-5-7-17-6-3-4-8-19(17)24-2/h3-12,22H,13-15H2,1-2H3,(H,21,23)/b7-5+. The fraction of sp³-hybridized carbons (Fsp3) is 0.250. The van der Waals surface area contributed by atoms with Gasteiger partial charge in [0, 0.05) is 25.7 Å². The Kier molecular flexibility index (Phi) is 7.53. The predicted molar refractivity (Wildman–Crippen MR) is 99.7 cm³/mol. The monoisotopic (exact) mass is 340 g/mol. The molecule has 0 unspecified atom stereocenters. The predicted octanol–water partition coefficient (Wildman–Crippen LogP) is 2.62. The Labute approximate surface area is 148 Å². The van der Waals surface area contributed by atoms with Crippen LogP contribution in [0.5, 0.6) is 11.5 Å². The zero-order valence-corrected chi connectivity index (χ0v) is 14.6. The van der Waals surface area contributed by atoms with Crippen molar-refractivity contribution in [1.82, 2.24) is 10.6 Å². The maximum atomic E-state index is 11.1. The molecule has 0 radical (unpaired) electrons. The third kappa shape index (κ3) is 6.31. The first-order valence-corrected chi connectivity index (χ1v) is 8.15. The van der Waals surface area contributed by atoms with Gasteiger partial charge in [0.15, 0.2) is 6.61 Å². The molecule has 0 aromatic heterocycles. The fourth-order valence-electron chi connectivity index (χ4n) is 2.21. The summed E-state index contributed by atoms with van der Waals surface area (Å²) in [6.07, 6.45) is 4.11. The fourth-order valence-corrected chi connectivity index (χ4v) is 2.21. The smallest absolute Gasteiger partial charge is 0.257 e. The van der Waals surface area contributed by atoms with Crippen molar-refractivity contribution < 1.29 is 14.3 Å². The van der Waals surface area contributed by atoms with Crippen LogP contribution in [0.4, 0.5) is 0 Å². The Balaban J connectivity index is 1.74. The van der Waals surface area contributed by atoms with Crippen LogP contribution in [0, 0.1) is 0 Å².